The lowest BCUT2D eigenvalue weighted by atomic mass is 10.2. The second-order valence-corrected chi connectivity index (χ2v) is 3.44. The van der Waals surface area contributed by atoms with Crippen LogP contribution in [0.1, 0.15) is 13.3 Å². The summed E-state index contributed by atoms with van der Waals surface area (Å²) in [6.07, 6.45) is 0.171. The maximum atomic E-state index is 11.2. The number of carbonyl (C=O) groups is 1. The van der Waals surface area contributed by atoms with Crippen molar-refractivity contribution in [1.29, 1.82) is 5.26 Å². The molecule has 0 aromatic carbocycles. The number of nitrogens with one attached hydrogen (secondary N) is 1. The van der Waals surface area contributed by atoms with Gasteiger partial charge in [-0.15, -0.1) is 0 Å². The highest BCUT2D eigenvalue weighted by Gasteiger charge is 2.23. The normalized spacial score (nSPS) is 19.2. The smallest absolute Gasteiger partial charge is 0.308 e. The van der Waals surface area contributed by atoms with Crippen molar-refractivity contribution in [2.45, 2.75) is 19.4 Å². The molecule has 1 unspecified atom stereocenters. The standard InChI is InChI=1S/C10H17N3O2/c1-2-15-10(14)7-9(8-11)13-5-3-12-4-6-13/h9,12H,2-7H2,1H3. The molecule has 0 bridgehead atoms. The molecule has 1 aliphatic rings. The minimum Gasteiger partial charge on any atom is -0.466 e. The number of nitriles is 1. The van der Waals surface area contributed by atoms with Crippen LogP contribution in [0.2, 0.25) is 0 Å². The summed E-state index contributed by atoms with van der Waals surface area (Å²) in [6, 6.07) is 1.82. The van der Waals surface area contributed by atoms with Crippen molar-refractivity contribution < 1.29 is 9.53 Å². The van der Waals surface area contributed by atoms with Gasteiger partial charge >= 0.3 is 5.97 Å². The zero-order chi connectivity index (χ0) is 11.1. The van der Waals surface area contributed by atoms with Gasteiger partial charge in [-0.2, -0.15) is 5.26 Å². The number of hydrogen-bond donors (Lipinski definition) is 1. The molecule has 0 spiro atoms. The van der Waals surface area contributed by atoms with E-state index in [1.54, 1.807) is 6.92 Å². The molecule has 0 aliphatic carbocycles. The highest BCUT2D eigenvalue weighted by atomic mass is 16.5. The average Bonchev–Trinajstić information content (AvgIpc) is 2.27. The van der Waals surface area contributed by atoms with Gasteiger partial charge in [0, 0.05) is 26.2 Å². The van der Waals surface area contributed by atoms with E-state index >= 15 is 0 Å². The van der Waals surface area contributed by atoms with Crippen LogP contribution in [0.25, 0.3) is 0 Å². The molecule has 1 fully saturated rings. The molecule has 1 rings (SSSR count). The molecule has 0 aromatic heterocycles. The molecule has 84 valence electrons. The Labute approximate surface area is 90.0 Å². The molecule has 1 N–H and O–H groups in total. The van der Waals surface area contributed by atoms with Crippen LogP contribution >= 0.6 is 0 Å². The van der Waals surface area contributed by atoms with E-state index in [2.05, 4.69) is 11.4 Å². The molecular weight excluding hydrogens is 194 g/mol. The van der Waals surface area contributed by atoms with Crippen LogP contribution in [0.15, 0.2) is 0 Å². The largest absolute Gasteiger partial charge is 0.466 e. The molecule has 0 radical (unpaired) electrons. The molecule has 1 saturated heterocycles. The Morgan fingerprint density at radius 3 is 2.80 bits per heavy atom. The van der Waals surface area contributed by atoms with E-state index in [1.807, 2.05) is 4.90 Å². The van der Waals surface area contributed by atoms with Gasteiger partial charge in [-0.3, -0.25) is 9.69 Å². The van der Waals surface area contributed by atoms with E-state index in [-0.39, 0.29) is 18.4 Å². The molecule has 0 amide bonds. The predicted molar refractivity (Wildman–Crippen MR) is 55.1 cm³/mol. The predicted octanol–water partition coefficient (Wildman–Crippen LogP) is -0.263. The minimum atomic E-state index is -0.342. The van der Waals surface area contributed by atoms with E-state index in [0.29, 0.717) is 6.61 Å². The maximum Gasteiger partial charge on any atom is 0.308 e. The molecule has 5 nitrogen and oxygen atoms in total. The molecule has 0 saturated carbocycles. The van der Waals surface area contributed by atoms with Crippen molar-refractivity contribution in [3.63, 3.8) is 0 Å². The number of hydrogen-bond acceptors (Lipinski definition) is 5. The number of piperazine rings is 1. The van der Waals surface area contributed by atoms with Crippen molar-refractivity contribution in [1.82, 2.24) is 10.2 Å². The fraction of sp³-hybridized carbons (Fsp3) is 0.800. The molecule has 1 atom stereocenters. The lowest BCUT2D eigenvalue weighted by Crippen LogP contribution is -2.48. The van der Waals surface area contributed by atoms with Crippen molar-refractivity contribution in [3.05, 3.63) is 0 Å². The lowest BCUT2D eigenvalue weighted by Gasteiger charge is -2.30. The number of carbonyl (C=O) groups excluding carboxylic acids is 1. The van der Waals surface area contributed by atoms with Gasteiger partial charge in [0.15, 0.2) is 0 Å². The molecular formula is C10H17N3O2. The number of nitrogens with zero attached hydrogens (tertiary/aromatic N) is 2. The Morgan fingerprint density at radius 1 is 1.60 bits per heavy atom. The lowest BCUT2D eigenvalue weighted by molar-refractivity contribution is -0.144. The first kappa shape index (κ1) is 12.0. The highest BCUT2D eigenvalue weighted by molar-refractivity contribution is 5.70. The van der Waals surface area contributed by atoms with Gasteiger partial charge in [-0.25, -0.2) is 0 Å². The second-order valence-electron chi connectivity index (χ2n) is 3.44. The third-order valence-electron chi connectivity index (χ3n) is 2.41. The minimum absolute atomic E-state index is 0.171. The van der Waals surface area contributed by atoms with Gasteiger partial charge in [0.1, 0.15) is 6.04 Å². The molecule has 0 aromatic rings. The Bertz CT molecular complexity index is 244. The van der Waals surface area contributed by atoms with Crippen LogP contribution in [-0.2, 0) is 9.53 Å². The Hall–Kier alpha value is -1.12. The van der Waals surface area contributed by atoms with Crippen molar-refractivity contribution in [2.24, 2.45) is 0 Å². The Morgan fingerprint density at radius 2 is 2.27 bits per heavy atom. The van der Waals surface area contributed by atoms with Gasteiger partial charge in [0.2, 0.25) is 0 Å². The first-order chi connectivity index (χ1) is 7.27. The van der Waals surface area contributed by atoms with Crippen molar-refractivity contribution >= 4 is 5.97 Å². The third kappa shape index (κ3) is 3.86. The average molecular weight is 211 g/mol. The van der Waals surface area contributed by atoms with E-state index in [9.17, 15) is 4.79 Å². The van der Waals surface area contributed by atoms with E-state index in [4.69, 9.17) is 10.00 Å². The summed E-state index contributed by atoms with van der Waals surface area (Å²) in [5, 5.41) is 12.2. The summed E-state index contributed by atoms with van der Waals surface area (Å²) in [5.74, 6) is -0.289. The van der Waals surface area contributed by atoms with Crippen LogP contribution in [0, 0.1) is 11.3 Å². The van der Waals surface area contributed by atoms with E-state index in [1.165, 1.54) is 0 Å². The fourth-order valence-corrected chi connectivity index (χ4v) is 1.63. The first-order valence-electron chi connectivity index (χ1n) is 5.28. The number of ether oxygens (including phenoxy) is 1. The van der Waals surface area contributed by atoms with Gasteiger partial charge in [0.05, 0.1) is 19.1 Å². The Balaban J connectivity index is 2.41. The third-order valence-corrected chi connectivity index (χ3v) is 2.41. The quantitative estimate of drug-likeness (QED) is 0.649. The van der Waals surface area contributed by atoms with Crippen LogP contribution in [0.4, 0.5) is 0 Å². The molecule has 1 aliphatic heterocycles. The van der Waals surface area contributed by atoms with Gasteiger partial charge < -0.3 is 10.1 Å². The van der Waals surface area contributed by atoms with Gasteiger partial charge in [-0.05, 0) is 6.92 Å². The summed E-state index contributed by atoms with van der Waals surface area (Å²) in [6.45, 7) is 5.53. The van der Waals surface area contributed by atoms with E-state index in [0.717, 1.165) is 26.2 Å². The molecule has 1 heterocycles. The topological polar surface area (TPSA) is 65.4 Å². The van der Waals surface area contributed by atoms with Crippen LogP contribution in [0.5, 0.6) is 0 Å². The van der Waals surface area contributed by atoms with Gasteiger partial charge in [-0.1, -0.05) is 0 Å². The van der Waals surface area contributed by atoms with Crippen LogP contribution in [-0.4, -0.2) is 49.7 Å². The number of rotatable bonds is 4. The summed E-state index contributed by atoms with van der Waals surface area (Å²) >= 11 is 0. The molecule has 15 heavy (non-hydrogen) atoms. The maximum absolute atomic E-state index is 11.2. The van der Waals surface area contributed by atoms with Gasteiger partial charge in [0.25, 0.3) is 0 Å². The zero-order valence-corrected chi connectivity index (χ0v) is 9.03. The van der Waals surface area contributed by atoms with Crippen LogP contribution < -0.4 is 5.32 Å². The second kappa shape index (κ2) is 6.38. The van der Waals surface area contributed by atoms with Crippen molar-refractivity contribution in [2.75, 3.05) is 32.8 Å². The fourth-order valence-electron chi connectivity index (χ4n) is 1.63. The SMILES string of the molecule is CCOC(=O)CC(C#N)N1CCNCC1. The highest BCUT2D eigenvalue weighted by Crippen LogP contribution is 2.06. The van der Waals surface area contributed by atoms with Crippen molar-refractivity contribution in [3.8, 4) is 6.07 Å². The summed E-state index contributed by atoms with van der Waals surface area (Å²) < 4.78 is 4.83. The monoisotopic (exact) mass is 211 g/mol. The Kier molecular flexibility index (Phi) is 5.08. The summed E-state index contributed by atoms with van der Waals surface area (Å²) in [4.78, 5) is 13.3. The van der Waals surface area contributed by atoms with E-state index < -0.39 is 0 Å². The first-order valence-corrected chi connectivity index (χ1v) is 5.28. The zero-order valence-electron chi connectivity index (χ0n) is 9.03. The number of esters is 1. The summed E-state index contributed by atoms with van der Waals surface area (Å²) in [7, 11) is 0. The van der Waals surface area contributed by atoms with Crippen LogP contribution in [0.3, 0.4) is 0 Å². The molecule has 5 heteroatoms. The summed E-state index contributed by atoms with van der Waals surface area (Å²) in [5.41, 5.74) is 0.